The number of aryl methyl sites for hydroxylation is 1. The summed E-state index contributed by atoms with van der Waals surface area (Å²) in [5.74, 6) is 0. The van der Waals surface area contributed by atoms with Crippen molar-refractivity contribution in [1.29, 1.82) is 0 Å². The van der Waals surface area contributed by atoms with Gasteiger partial charge in [0.25, 0.3) is 0 Å². The molecule has 1 heterocycles. The molecule has 18 heavy (non-hydrogen) atoms. The van der Waals surface area contributed by atoms with Gasteiger partial charge in [0.15, 0.2) is 0 Å². The van der Waals surface area contributed by atoms with Crippen LogP contribution in [0.3, 0.4) is 0 Å². The van der Waals surface area contributed by atoms with Crippen molar-refractivity contribution in [1.82, 2.24) is 5.32 Å². The van der Waals surface area contributed by atoms with Crippen LogP contribution < -0.4 is 5.32 Å². The van der Waals surface area contributed by atoms with Crippen molar-refractivity contribution >= 4 is 27.3 Å². The van der Waals surface area contributed by atoms with Crippen molar-refractivity contribution in [2.75, 3.05) is 0 Å². The van der Waals surface area contributed by atoms with Crippen molar-refractivity contribution < 1.29 is 0 Å². The Kier molecular flexibility index (Phi) is 4.60. The Labute approximate surface area is 121 Å². The largest absolute Gasteiger partial charge is 0.310 e. The lowest BCUT2D eigenvalue weighted by Crippen LogP contribution is -2.21. The molecular weight excluding hydrogens is 306 g/mol. The minimum atomic E-state index is 0.517. The van der Waals surface area contributed by atoms with E-state index in [1.807, 2.05) is 0 Å². The fourth-order valence-corrected chi connectivity index (χ4v) is 3.50. The molecule has 0 amide bonds. The van der Waals surface area contributed by atoms with E-state index in [1.165, 1.54) is 26.0 Å². The minimum Gasteiger partial charge on any atom is -0.310 e. The van der Waals surface area contributed by atoms with Crippen LogP contribution in [0.15, 0.2) is 34.1 Å². The van der Waals surface area contributed by atoms with E-state index in [9.17, 15) is 0 Å². The molecule has 2 aromatic rings. The van der Waals surface area contributed by atoms with Crippen LogP contribution in [-0.4, -0.2) is 6.04 Å². The van der Waals surface area contributed by atoms with Gasteiger partial charge in [-0.1, -0.05) is 26.0 Å². The van der Waals surface area contributed by atoms with Crippen molar-refractivity contribution in [2.24, 2.45) is 0 Å². The third-order valence-corrected chi connectivity index (χ3v) is 4.75. The Morgan fingerprint density at radius 2 is 2.06 bits per heavy atom. The zero-order valence-corrected chi connectivity index (χ0v) is 13.4. The van der Waals surface area contributed by atoms with E-state index in [-0.39, 0.29) is 0 Å². The molecule has 0 radical (unpaired) electrons. The molecule has 0 aliphatic heterocycles. The maximum Gasteiger partial charge on any atom is 0.0487 e. The predicted octanol–water partition coefficient (Wildman–Crippen LogP) is 4.98. The third kappa shape index (κ3) is 3.22. The Hall–Kier alpha value is -0.640. The molecule has 1 nitrogen and oxygen atoms in total. The second-order valence-electron chi connectivity index (χ2n) is 4.78. The van der Waals surface area contributed by atoms with Gasteiger partial charge in [0.05, 0.1) is 0 Å². The summed E-state index contributed by atoms with van der Waals surface area (Å²) in [5, 5.41) is 5.58. The summed E-state index contributed by atoms with van der Waals surface area (Å²) < 4.78 is 1.18. The fourth-order valence-electron chi connectivity index (χ4n) is 1.83. The lowest BCUT2D eigenvalue weighted by molar-refractivity contribution is 0.589. The summed E-state index contributed by atoms with van der Waals surface area (Å²) in [6.07, 6.45) is 0. The topological polar surface area (TPSA) is 12.0 Å². The highest BCUT2D eigenvalue weighted by molar-refractivity contribution is 9.10. The maximum atomic E-state index is 3.62. The van der Waals surface area contributed by atoms with Crippen LogP contribution in [-0.2, 0) is 6.54 Å². The number of halogens is 1. The third-order valence-electron chi connectivity index (χ3n) is 2.88. The summed E-state index contributed by atoms with van der Waals surface area (Å²) >= 11 is 5.40. The van der Waals surface area contributed by atoms with Crippen LogP contribution in [0, 0.1) is 6.92 Å². The van der Waals surface area contributed by atoms with E-state index in [2.05, 4.69) is 71.7 Å². The monoisotopic (exact) mass is 323 g/mol. The van der Waals surface area contributed by atoms with Crippen LogP contribution in [0.25, 0.3) is 10.4 Å². The molecule has 0 atom stereocenters. The van der Waals surface area contributed by atoms with Gasteiger partial charge >= 0.3 is 0 Å². The van der Waals surface area contributed by atoms with E-state index in [1.54, 1.807) is 11.3 Å². The van der Waals surface area contributed by atoms with Crippen molar-refractivity contribution in [2.45, 2.75) is 33.4 Å². The lowest BCUT2D eigenvalue weighted by Gasteiger charge is -2.11. The number of hydrogen-bond acceptors (Lipinski definition) is 2. The number of rotatable bonds is 4. The van der Waals surface area contributed by atoms with Gasteiger partial charge < -0.3 is 5.32 Å². The summed E-state index contributed by atoms with van der Waals surface area (Å²) in [6, 6.07) is 9.33. The zero-order valence-electron chi connectivity index (χ0n) is 11.0. The van der Waals surface area contributed by atoms with Gasteiger partial charge in [-0.25, -0.2) is 0 Å². The van der Waals surface area contributed by atoms with E-state index in [0.29, 0.717) is 6.04 Å². The van der Waals surface area contributed by atoms with E-state index >= 15 is 0 Å². The molecular formula is C15H18BrNS. The average molecular weight is 324 g/mol. The van der Waals surface area contributed by atoms with Crippen molar-refractivity contribution in [3.8, 4) is 10.4 Å². The van der Waals surface area contributed by atoms with Crippen LogP contribution in [0.5, 0.6) is 0 Å². The number of benzene rings is 1. The smallest absolute Gasteiger partial charge is 0.0487 e. The quantitative estimate of drug-likeness (QED) is 0.836. The molecule has 1 aromatic heterocycles. The first-order chi connectivity index (χ1) is 8.58. The van der Waals surface area contributed by atoms with E-state index in [4.69, 9.17) is 0 Å². The van der Waals surface area contributed by atoms with E-state index in [0.717, 1.165) is 6.54 Å². The second kappa shape index (κ2) is 6.00. The summed E-state index contributed by atoms with van der Waals surface area (Å²) in [7, 11) is 0. The summed E-state index contributed by atoms with van der Waals surface area (Å²) in [5.41, 5.74) is 4.00. The fraction of sp³-hybridized carbons (Fsp3) is 0.333. The molecule has 0 fully saturated rings. The normalized spacial score (nSPS) is 11.2. The molecule has 0 unspecified atom stereocenters. The van der Waals surface area contributed by atoms with E-state index < -0.39 is 0 Å². The molecule has 1 N–H and O–H groups in total. The van der Waals surface area contributed by atoms with Gasteiger partial charge in [-0.15, -0.1) is 11.3 Å². The molecule has 3 heteroatoms. The molecule has 1 aromatic carbocycles. The Morgan fingerprint density at radius 3 is 2.67 bits per heavy atom. The van der Waals surface area contributed by atoms with Gasteiger partial charge in [-0.2, -0.15) is 0 Å². The molecule has 0 aliphatic rings. The first-order valence-corrected chi connectivity index (χ1v) is 7.81. The summed E-state index contributed by atoms with van der Waals surface area (Å²) in [6.45, 7) is 7.44. The first kappa shape index (κ1) is 13.8. The molecule has 0 bridgehead atoms. The van der Waals surface area contributed by atoms with Gasteiger partial charge in [0.1, 0.15) is 0 Å². The van der Waals surface area contributed by atoms with Crippen LogP contribution in [0.1, 0.15) is 25.0 Å². The maximum absolute atomic E-state index is 3.62. The Bertz CT molecular complexity index is 531. The number of nitrogens with one attached hydrogen (secondary N) is 1. The van der Waals surface area contributed by atoms with Crippen LogP contribution in [0.4, 0.5) is 0 Å². The predicted molar refractivity (Wildman–Crippen MR) is 84.2 cm³/mol. The molecule has 2 rings (SSSR count). The first-order valence-electron chi connectivity index (χ1n) is 6.14. The summed E-state index contributed by atoms with van der Waals surface area (Å²) in [4.78, 5) is 1.32. The highest BCUT2D eigenvalue weighted by Crippen LogP contribution is 2.35. The molecule has 0 saturated heterocycles. The molecule has 0 saturated carbocycles. The lowest BCUT2D eigenvalue weighted by atomic mass is 10.0. The standard InChI is InChI=1S/C15H18BrNS/c1-10(2)17-9-12-5-4-11(3)13(8-12)15-14(16)6-7-18-15/h4-8,10,17H,9H2,1-3H3. The van der Waals surface area contributed by atoms with Crippen LogP contribution in [0.2, 0.25) is 0 Å². The number of hydrogen-bond donors (Lipinski definition) is 1. The van der Waals surface area contributed by atoms with Gasteiger partial charge in [-0.05, 0) is 57.1 Å². The minimum absolute atomic E-state index is 0.517. The van der Waals surface area contributed by atoms with Crippen LogP contribution >= 0.6 is 27.3 Å². The van der Waals surface area contributed by atoms with Gasteiger partial charge in [0, 0.05) is 21.9 Å². The average Bonchev–Trinajstić information content (AvgIpc) is 2.74. The Balaban J connectivity index is 2.30. The highest BCUT2D eigenvalue weighted by atomic mass is 79.9. The molecule has 0 spiro atoms. The van der Waals surface area contributed by atoms with Crippen molar-refractivity contribution in [3.63, 3.8) is 0 Å². The van der Waals surface area contributed by atoms with Gasteiger partial charge in [0.2, 0.25) is 0 Å². The van der Waals surface area contributed by atoms with Crippen molar-refractivity contribution in [3.05, 3.63) is 45.2 Å². The number of thiophene rings is 1. The molecule has 96 valence electrons. The Morgan fingerprint density at radius 1 is 1.28 bits per heavy atom. The highest BCUT2D eigenvalue weighted by Gasteiger charge is 2.08. The molecule has 0 aliphatic carbocycles. The van der Waals surface area contributed by atoms with Gasteiger partial charge in [-0.3, -0.25) is 0 Å². The zero-order chi connectivity index (χ0) is 13.1. The SMILES string of the molecule is Cc1ccc(CNC(C)C)cc1-c1sccc1Br. The second-order valence-corrected chi connectivity index (χ2v) is 6.55.